The number of hydrogen-bond donors (Lipinski definition) is 0. The number of aromatic nitrogens is 3. The second kappa shape index (κ2) is 8.25. The summed E-state index contributed by atoms with van der Waals surface area (Å²) in [4.78, 5) is 22.1. The Hall–Kier alpha value is -2.71. The van der Waals surface area contributed by atoms with Gasteiger partial charge < -0.3 is 9.64 Å². The van der Waals surface area contributed by atoms with E-state index in [-0.39, 0.29) is 12.0 Å². The van der Waals surface area contributed by atoms with E-state index in [1.54, 1.807) is 9.42 Å². The third-order valence-electron chi connectivity index (χ3n) is 6.62. The van der Waals surface area contributed by atoms with Crippen molar-refractivity contribution < 1.29 is 13.9 Å². The number of ether oxygens (including phenoxy) is 1. The molecule has 1 saturated heterocycles. The zero-order valence-corrected chi connectivity index (χ0v) is 20.0. The van der Waals surface area contributed by atoms with Gasteiger partial charge in [0.2, 0.25) is 0 Å². The lowest BCUT2D eigenvalue weighted by molar-refractivity contribution is 0.0742. The van der Waals surface area contributed by atoms with Crippen molar-refractivity contribution in [1.29, 1.82) is 0 Å². The molecule has 9 heteroatoms. The van der Waals surface area contributed by atoms with E-state index >= 15 is 0 Å². The SMILES string of the molecule is Cc1nc2c3c(nn2c(C)c1Cl)CN(C(=O)c1ccc(F)cc1OC1CCN(C(C)C)C1)C3. The molecule has 174 valence electrons. The Morgan fingerprint density at radius 3 is 2.79 bits per heavy atom. The first-order valence-electron chi connectivity index (χ1n) is 11.3. The number of aryl methyl sites for hydroxylation is 2. The van der Waals surface area contributed by atoms with Crippen LogP contribution in [0.4, 0.5) is 4.39 Å². The summed E-state index contributed by atoms with van der Waals surface area (Å²) in [5.74, 6) is -0.331. The molecule has 3 aromatic rings. The number of carbonyl (C=O) groups is 1. The van der Waals surface area contributed by atoms with Crippen LogP contribution in [-0.4, -0.2) is 55.5 Å². The average molecular weight is 472 g/mol. The van der Waals surface area contributed by atoms with E-state index in [1.807, 2.05) is 13.8 Å². The van der Waals surface area contributed by atoms with Gasteiger partial charge in [0.25, 0.3) is 5.91 Å². The van der Waals surface area contributed by atoms with E-state index in [0.717, 1.165) is 47.8 Å². The molecule has 0 radical (unpaired) electrons. The number of carbonyl (C=O) groups excluding carboxylic acids is 1. The Kier molecular flexibility index (Phi) is 5.53. The Morgan fingerprint density at radius 1 is 1.27 bits per heavy atom. The standard InChI is InChI=1S/C24H27ClFN5O2/c1-13(2)29-8-7-17(10-29)33-21-9-16(26)5-6-18(21)24(32)30-11-19-20(12-30)28-31-15(4)22(25)14(3)27-23(19)31/h5-6,9,13,17H,7-8,10-12H2,1-4H3. The second-order valence-corrected chi connectivity index (χ2v) is 9.55. The molecule has 7 nitrogen and oxygen atoms in total. The first-order valence-corrected chi connectivity index (χ1v) is 11.6. The van der Waals surface area contributed by atoms with Crippen LogP contribution in [0.5, 0.6) is 5.75 Å². The first kappa shape index (κ1) is 22.1. The second-order valence-electron chi connectivity index (χ2n) is 9.18. The molecule has 0 N–H and O–H groups in total. The molecule has 2 aliphatic rings. The van der Waals surface area contributed by atoms with Gasteiger partial charge in [-0.1, -0.05) is 11.6 Å². The molecule has 33 heavy (non-hydrogen) atoms. The van der Waals surface area contributed by atoms with Crippen molar-refractivity contribution in [2.45, 2.75) is 59.4 Å². The van der Waals surface area contributed by atoms with Gasteiger partial charge in [-0.25, -0.2) is 13.9 Å². The molecule has 5 rings (SSSR count). The number of halogens is 2. The molecule has 0 spiro atoms. The molecular formula is C24H27ClFN5O2. The van der Waals surface area contributed by atoms with Crippen LogP contribution in [0.2, 0.25) is 5.02 Å². The van der Waals surface area contributed by atoms with Crippen LogP contribution in [0.15, 0.2) is 18.2 Å². The van der Waals surface area contributed by atoms with Crippen LogP contribution in [0.1, 0.15) is 53.3 Å². The summed E-state index contributed by atoms with van der Waals surface area (Å²) in [6.45, 7) is 10.5. The van der Waals surface area contributed by atoms with E-state index in [2.05, 4.69) is 28.8 Å². The van der Waals surface area contributed by atoms with E-state index in [4.69, 9.17) is 16.3 Å². The summed E-state index contributed by atoms with van der Waals surface area (Å²) in [6, 6.07) is 4.55. The summed E-state index contributed by atoms with van der Waals surface area (Å²) in [5, 5.41) is 5.24. The molecule has 0 aliphatic carbocycles. The number of amides is 1. The van der Waals surface area contributed by atoms with Gasteiger partial charge in [-0.15, -0.1) is 0 Å². The van der Waals surface area contributed by atoms with Gasteiger partial charge in [-0.3, -0.25) is 9.69 Å². The number of hydrogen-bond acceptors (Lipinski definition) is 5. The van der Waals surface area contributed by atoms with E-state index in [1.165, 1.54) is 18.2 Å². The lowest BCUT2D eigenvalue weighted by Crippen LogP contribution is -2.31. The van der Waals surface area contributed by atoms with Crippen LogP contribution in [0, 0.1) is 19.7 Å². The number of rotatable bonds is 4. The average Bonchev–Trinajstić information content (AvgIpc) is 3.47. The molecule has 1 atom stereocenters. The maximum Gasteiger partial charge on any atom is 0.258 e. The molecule has 1 unspecified atom stereocenters. The highest BCUT2D eigenvalue weighted by molar-refractivity contribution is 6.31. The third-order valence-corrected chi connectivity index (χ3v) is 7.16. The predicted molar refractivity (Wildman–Crippen MR) is 123 cm³/mol. The number of nitrogens with zero attached hydrogens (tertiary/aromatic N) is 5. The fourth-order valence-electron chi connectivity index (χ4n) is 4.70. The van der Waals surface area contributed by atoms with Crippen LogP contribution in [0.3, 0.4) is 0 Å². The maximum absolute atomic E-state index is 14.1. The molecule has 4 heterocycles. The zero-order valence-electron chi connectivity index (χ0n) is 19.2. The summed E-state index contributed by atoms with van der Waals surface area (Å²) < 4.78 is 22.0. The zero-order chi connectivity index (χ0) is 23.4. The Bertz CT molecular complexity index is 1260. The van der Waals surface area contributed by atoms with Crippen LogP contribution >= 0.6 is 11.6 Å². The molecule has 1 fully saturated rings. The fraction of sp³-hybridized carbons (Fsp3) is 0.458. The van der Waals surface area contributed by atoms with Crippen molar-refractivity contribution in [3.05, 3.63) is 57.2 Å². The molecular weight excluding hydrogens is 445 g/mol. The smallest absolute Gasteiger partial charge is 0.258 e. The Morgan fingerprint density at radius 2 is 2.06 bits per heavy atom. The minimum atomic E-state index is -0.422. The monoisotopic (exact) mass is 471 g/mol. The lowest BCUT2D eigenvalue weighted by Gasteiger charge is -2.22. The highest BCUT2D eigenvalue weighted by Gasteiger charge is 2.33. The minimum absolute atomic E-state index is 0.0689. The van der Waals surface area contributed by atoms with Crippen molar-refractivity contribution in [3.63, 3.8) is 0 Å². The third kappa shape index (κ3) is 3.85. The van der Waals surface area contributed by atoms with E-state index < -0.39 is 5.82 Å². The molecule has 2 aliphatic heterocycles. The highest BCUT2D eigenvalue weighted by atomic mass is 35.5. The van der Waals surface area contributed by atoms with Crippen molar-refractivity contribution in [2.75, 3.05) is 13.1 Å². The van der Waals surface area contributed by atoms with Crippen molar-refractivity contribution >= 4 is 23.2 Å². The quantitative estimate of drug-likeness (QED) is 0.572. The van der Waals surface area contributed by atoms with Crippen molar-refractivity contribution in [3.8, 4) is 5.75 Å². The predicted octanol–water partition coefficient (Wildman–Crippen LogP) is 4.16. The van der Waals surface area contributed by atoms with Gasteiger partial charge in [-0.2, -0.15) is 5.10 Å². The van der Waals surface area contributed by atoms with Crippen molar-refractivity contribution in [1.82, 2.24) is 24.4 Å². The van der Waals surface area contributed by atoms with Crippen LogP contribution < -0.4 is 4.74 Å². The first-order chi connectivity index (χ1) is 15.7. The molecule has 0 bridgehead atoms. The number of benzene rings is 1. The van der Waals surface area contributed by atoms with E-state index in [9.17, 15) is 9.18 Å². The van der Waals surface area contributed by atoms with Gasteiger partial charge in [0, 0.05) is 30.8 Å². The summed E-state index contributed by atoms with van der Waals surface area (Å²) >= 11 is 6.33. The molecule has 2 aromatic heterocycles. The highest BCUT2D eigenvalue weighted by Crippen LogP contribution is 2.32. The number of likely N-dealkylation sites (tertiary alicyclic amines) is 1. The topological polar surface area (TPSA) is 63.0 Å². The van der Waals surface area contributed by atoms with Gasteiger partial charge in [-0.05, 0) is 46.2 Å². The van der Waals surface area contributed by atoms with Crippen molar-refractivity contribution in [2.24, 2.45) is 0 Å². The Balaban J connectivity index is 1.39. The molecule has 1 aromatic carbocycles. The van der Waals surface area contributed by atoms with Gasteiger partial charge in [0.15, 0.2) is 5.65 Å². The number of fused-ring (bicyclic) bond motifs is 3. The maximum atomic E-state index is 14.1. The van der Waals surface area contributed by atoms with Gasteiger partial charge in [0.05, 0.1) is 40.8 Å². The largest absolute Gasteiger partial charge is 0.488 e. The Labute approximate surface area is 197 Å². The summed E-state index contributed by atoms with van der Waals surface area (Å²) in [6.07, 6.45) is 0.780. The van der Waals surface area contributed by atoms with E-state index in [0.29, 0.717) is 35.5 Å². The fourth-order valence-corrected chi connectivity index (χ4v) is 4.82. The van der Waals surface area contributed by atoms with Gasteiger partial charge >= 0.3 is 0 Å². The summed E-state index contributed by atoms with van der Waals surface area (Å²) in [5.41, 5.74) is 4.36. The summed E-state index contributed by atoms with van der Waals surface area (Å²) in [7, 11) is 0. The molecule has 1 amide bonds. The lowest BCUT2D eigenvalue weighted by atomic mass is 10.1. The minimum Gasteiger partial charge on any atom is -0.488 e. The normalized spacial score (nSPS) is 18.5. The van der Waals surface area contributed by atoms with Crippen LogP contribution in [-0.2, 0) is 13.1 Å². The molecule has 0 saturated carbocycles. The van der Waals surface area contributed by atoms with Crippen LogP contribution in [0.25, 0.3) is 5.65 Å². The van der Waals surface area contributed by atoms with Gasteiger partial charge in [0.1, 0.15) is 17.7 Å².